The molecule has 2 heteroatoms. The van der Waals surface area contributed by atoms with Gasteiger partial charge in [0.15, 0.2) is 0 Å². The van der Waals surface area contributed by atoms with Crippen molar-refractivity contribution >= 4 is 0 Å². The van der Waals surface area contributed by atoms with Crippen molar-refractivity contribution in [1.29, 1.82) is 0 Å². The molecule has 0 aliphatic carbocycles. The highest BCUT2D eigenvalue weighted by atomic mass is 15.1. The lowest BCUT2D eigenvalue weighted by molar-refractivity contribution is 0.328. The van der Waals surface area contributed by atoms with Crippen LogP contribution in [0.5, 0.6) is 0 Å². The Morgan fingerprint density at radius 1 is 1.05 bits per heavy atom. The molecule has 104 valence electrons. The Morgan fingerprint density at radius 3 is 2.05 bits per heavy atom. The van der Waals surface area contributed by atoms with E-state index in [1.54, 1.807) is 0 Å². The summed E-state index contributed by atoms with van der Waals surface area (Å²) in [5.74, 6) is 0. The standard InChI is InChI=1S/C17H26N2/c1-5-11-19(12-6-2)14-17-9-7-16(8-10-17)13-18-15(3)4/h5-10,15,18H,1-2,11-14H2,3-4H3. The van der Waals surface area contributed by atoms with E-state index in [9.17, 15) is 0 Å². The fraction of sp³-hybridized carbons (Fsp3) is 0.412. The summed E-state index contributed by atoms with van der Waals surface area (Å²) in [6, 6.07) is 9.33. The van der Waals surface area contributed by atoms with Crippen molar-refractivity contribution in [2.45, 2.75) is 33.0 Å². The quantitative estimate of drug-likeness (QED) is 0.683. The maximum Gasteiger partial charge on any atom is 0.0240 e. The Morgan fingerprint density at radius 2 is 1.58 bits per heavy atom. The predicted octanol–water partition coefficient (Wildman–Crippen LogP) is 3.36. The van der Waals surface area contributed by atoms with E-state index in [-0.39, 0.29) is 0 Å². The molecule has 0 atom stereocenters. The summed E-state index contributed by atoms with van der Waals surface area (Å²) >= 11 is 0. The first-order valence-corrected chi connectivity index (χ1v) is 6.91. The number of rotatable bonds is 9. The third kappa shape index (κ3) is 6.37. The smallest absolute Gasteiger partial charge is 0.0240 e. The molecular formula is C17H26N2. The molecule has 1 N–H and O–H groups in total. The first-order valence-electron chi connectivity index (χ1n) is 6.91. The molecule has 0 aliphatic rings. The van der Waals surface area contributed by atoms with Gasteiger partial charge in [0.2, 0.25) is 0 Å². The van der Waals surface area contributed by atoms with E-state index in [2.05, 4.69) is 61.5 Å². The molecule has 1 aromatic rings. The topological polar surface area (TPSA) is 15.3 Å². The largest absolute Gasteiger partial charge is 0.310 e. The lowest BCUT2D eigenvalue weighted by Crippen LogP contribution is -2.23. The molecule has 0 aromatic heterocycles. The van der Waals surface area contributed by atoms with Crippen LogP contribution in [0.15, 0.2) is 49.6 Å². The van der Waals surface area contributed by atoms with Crippen LogP contribution in [0.1, 0.15) is 25.0 Å². The van der Waals surface area contributed by atoms with Crippen LogP contribution in [-0.4, -0.2) is 24.0 Å². The molecule has 0 unspecified atom stereocenters. The Labute approximate surface area is 117 Å². The number of hydrogen-bond acceptors (Lipinski definition) is 2. The van der Waals surface area contributed by atoms with Gasteiger partial charge in [-0.25, -0.2) is 0 Å². The minimum atomic E-state index is 0.523. The molecule has 0 bridgehead atoms. The Balaban J connectivity index is 2.54. The van der Waals surface area contributed by atoms with E-state index in [1.807, 2.05) is 12.2 Å². The Hall–Kier alpha value is -1.38. The highest BCUT2D eigenvalue weighted by Gasteiger charge is 2.02. The van der Waals surface area contributed by atoms with Crippen molar-refractivity contribution < 1.29 is 0 Å². The third-order valence-electron chi connectivity index (χ3n) is 2.92. The first-order chi connectivity index (χ1) is 9.15. The summed E-state index contributed by atoms with van der Waals surface area (Å²) in [6.45, 7) is 15.6. The van der Waals surface area contributed by atoms with Crippen LogP contribution in [0.4, 0.5) is 0 Å². The van der Waals surface area contributed by atoms with E-state index in [1.165, 1.54) is 11.1 Å². The third-order valence-corrected chi connectivity index (χ3v) is 2.92. The van der Waals surface area contributed by atoms with Crippen molar-refractivity contribution in [2.75, 3.05) is 13.1 Å². The van der Waals surface area contributed by atoms with E-state index >= 15 is 0 Å². The molecule has 0 saturated heterocycles. The molecule has 0 heterocycles. The minimum Gasteiger partial charge on any atom is -0.310 e. The van der Waals surface area contributed by atoms with Gasteiger partial charge in [0.05, 0.1) is 0 Å². The zero-order chi connectivity index (χ0) is 14.1. The van der Waals surface area contributed by atoms with Gasteiger partial charge in [-0.15, -0.1) is 13.2 Å². The van der Waals surface area contributed by atoms with Crippen LogP contribution < -0.4 is 5.32 Å². The van der Waals surface area contributed by atoms with Gasteiger partial charge < -0.3 is 5.32 Å². The Bertz CT molecular complexity index is 369. The van der Waals surface area contributed by atoms with Gasteiger partial charge in [0.1, 0.15) is 0 Å². The van der Waals surface area contributed by atoms with Crippen LogP contribution in [0.3, 0.4) is 0 Å². The minimum absolute atomic E-state index is 0.523. The van der Waals surface area contributed by atoms with Gasteiger partial charge in [-0.1, -0.05) is 50.3 Å². The molecule has 0 fully saturated rings. The lowest BCUT2D eigenvalue weighted by Gasteiger charge is -2.19. The van der Waals surface area contributed by atoms with Crippen LogP contribution in [0.2, 0.25) is 0 Å². The monoisotopic (exact) mass is 258 g/mol. The fourth-order valence-corrected chi connectivity index (χ4v) is 1.91. The molecule has 0 radical (unpaired) electrons. The molecule has 19 heavy (non-hydrogen) atoms. The zero-order valence-electron chi connectivity index (χ0n) is 12.2. The lowest BCUT2D eigenvalue weighted by atomic mass is 10.1. The maximum atomic E-state index is 3.80. The van der Waals surface area contributed by atoms with Gasteiger partial charge in [0.25, 0.3) is 0 Å². The van der Waals surface area contributed by atoms with Crippen molar-refractivity contribution in [3.8, 4) is 0 Å². The van der Waals surface area contributed by atoms with E-state index in [0.717, 1.165) is 26.2 Å². The second kappa shape index (κ2) is 8.68. The average molecular weight is 258 g/mol. The number of benzene rings is 1. The summed E-state index contributed by atoms with van der Waals surface area (Å²) in [7, 11) is 0. The van der Waals surface area contributed by atoms with Gasteiger partial charge in [-0.05, 0) is 11.1 Å². The summed E-state index contributed by atoms with van der Waals surface area (Å²) in [6.07, 6.45) is 3.87. The molecule has 1 aromatic carbocycles. The summed E-state index contributed by atoms with van der Waals surface area (Å²) < 4.78 is 0. The van der Waals surface area contributed by atoms with Crippen LogP contribution in [0.25, 0.3) is 0 Å². The SMILES string of the molecule is C=CCN(CC=C)Cc1ccc(CNC(C)C)cc1. The molecule has 2 nitrogen and oxygen atoms in total. The fourth-order valence-electron chi connectivity index (χ4n) is 1.91. The number of nitrogens with one attached hydrogen (secondary N) is 1. The van der Waals surface area contributed by atoms with E-state index in [0.29, 0.717) is 6.04 Å². The van der Waals surface area contributed by atoms with Gasteiger partial charge in [-0.2, -0.15) is 0 Å². The summed E-state index contributed by atoms with van der Waals surface area (Å²) in [5.41, 5.74) is 2.66. The first kappa shape index (κ1) is 15.7. The van der Waals surface area contributed by atoms with Crippen molar-refractivity contribution in [3.63, 3.8) is 0 Å². The van der Waals surface area contributed by atoms with Gasteiger partial charge in [-0.3, -0.25) is 4.90 Å². The van der Waals surface area contributed by atoms with Crippen LogP contribution in [0, 0.1) is 0 Å². The van der Waals surface area contributed by atoms with Crippen LogP contribution in [-0.2, 0) is 13.1 Å². The molecule has 0 aliphatic heterocycles. The van der Waals surface area contributed by atoms with E-state index < -0.39 is 0 Å². The summed E-state index contributed by atoms with van der Waals surface area (Å²) in [4.78, 5) is 2.31. The van der Waals surface area contributed by atoms with Gasteiger partial charge in [0, 0.05) is 32.2 Å². The van der Waals surface area contributed by atoms with Crippen LogP contribution >= 0.6 is 0 Å². The highest BCUT2D eigenvalue weighted by Crippen LogP contribution is 2.08. The second-order valence-electron chi connectivity index (χ2n) is 5.12. The number of hydrogen-bond donors (Lipinski definition) is 1. The summed E-state index contributed by atoms with van der Waals surface area (Å²) in [5, 5.41) is 3.43. The average Bonchev–Trinajstić information content (AvgIpc) is 2.38. The second-order valence-corrected chi connectivity index (χ2v) is 5.12. The maximum absolute atomic E-state index is 3.80. The molecular weight excluding hydrogens is 232 g/mol. The van der Waals surface area contributed by atoms with E-state index in [4.69, 9.17) is 0 Å². The van der Waals surface area contributed by atoms with Gasteiger partial charge >= 0.3 is 0 Å². The number of nitrogens with zero attached hydrogens (tertiary/aromatic N) is 1. The molecule has 1 rings (SSSR count). The molecule has 0 spiro atoms. The highest BCUT2D eigenvalue weighted by molar-refractivity contribution is 5.22. The van der Waals surface area contributed by atoms with Crippen molar-refractivity contribution in [3.05, 3.63) is 60.7 Å². The van der Waals surface area contributed by atoms with Crippen molar-refractivity contribution in [1.82, 2.24) is 10.2 Å². The molecule has 0 saturated carbocycles. The molecule has 0 amide bonds. The normalized spacial score (nSPS) is 10.9. The van der Waals surface area contributed by atoms with Crippen molar-refractivity contribution in [2.24, 2.45) is 0 Å². The zero-order valence-corrected chi connectivity index (χ0v) is 12.2. The predicted molar refractivity (Wildman–Crippen MR) is 84.1 cm³/mol. The Kier molecular flexibility index (Phi) is 7.16.